The first-order valence-electron chi connectivity index (χ1n) is 9.35. The Kier molecular flexibility index (Phi) is 6.83. The molecule has 0 unspecified atom stereocenters. The zero-order valence-electron chi connectivity index (χ0n) is 17.0. The van der Waals surface area contributed by atoms with Crippen LogP contribution < -0.4 is 10.0 Å². The summed E-state index contributed by atoms with van der Waals surface area (Å²) >= 11 is 0. The fraction of sp³-hybridized carbons (Fsp3) is 0.190. The van der Waals surface area contributed by atoms with Gasteiger partial charge in [-0.1, -0.05) is 0 Å². The first-order valence-corrected chi connectivity index (χ1v) is 10.8. The second-order valence-electron chi connectivity index (χ2n) is 6.86. The number of aryl methyl sites for hydroxylation is 1. The van der Waals surface area contributed by atoms with E-state index in [1.54, 1.807) is 24.4 Å². The lowest BCUT2D eigenvalue weighted by Gasteiger charge is -2.17. The summed E-state index contributed by atoms with van der Waals surface area (Å²) < 4.78 is 32.3. The highest BCUT2D eigenvalue weighted by molar-refractivity contribution is 7.89. The van der Waals surface area contributed by atoms with Gasteiger partial charge in [0.2, 0.25) is 15.9 Å². The van der Waals surface area contributed by atoms with E-state index >= 15 is 0 Å². The number of hydrogen-bond donors (Lipinski definition) is 2. The first kappa shape index (κ1) is 22.2. The van der Waals surface area contributed by atoms with Crippen molar-refractivity contribution < 1.29 is 22.4 Å². The molecule has 9 nitrogen and oxygen atoms in total. The molecule has 3 rings (SSSR count). The SMILES string of the molecule is Cc1ccnc(NC(=O)CN(C)C(=O)c2ccc(S(=O)(=O)NCc3ccco3)cc2)c1. The van der Waals surface area contributed by atoms with E-state index in [2.05, 4.69) is 15.0 Å². The minimum absolute atomic E-state index is 0.0153. The topological polar surface area (TPSA) is 122 Å². The second kappa shape index (κ2) is 9.54. The average Bonchev–Trinajstić information content (AvgIpc) is 3.25. The molecule has 2 aromatic heterocycles. The molecule has 0 saturated heterocycles. The summed E-state index contributed by atoms with van der Waals surface area (Å²) in [5.41, 5.74) is 1.21. The van der Waals surface area contributed by atoms with Gasteiger partial charge >= 0.3 is 0 Å². The van der Waals surface area contributed by atoms with Crippen molar-refractivity contribution in [2.24, 2.45) is 0 Å². The van der Waals surface area contributed by atoms with Crippen LogP contribution in [0.2, 0.25) is 0 Å². The smallest absolute Gasteiger partial charge is 0.254 e. The molecule has 0 fully saturated rings. The normalized spacial score (nSPS) is 11.2. The van der Waals surface area contributed by atoms with Gasteiger partial charge in [0.1, 0.15) is 11.6 Å². The molecule has 0 bridgehead atoms. The second-order valence-corrected chi connectivity index (χ2v) is 8.62. The molecule has 10 heteroatoms. The van der Waals surface area contributed by atoms with E-state index in [1.807, 2.05) is 13.0 Å². The minimum atomic E-state index is -3.76. The van der Waals surface area contributed by atoms with E-state index in [4.69, 9.17) is 4.42 Å². The molecule has 0 saturated carbocycles. The van der Waals surface area contributed by atoms with Gasteiger partial charge in [-0.05, 0) is 61.0 Å². The Bertz CT molecular complexity index is 1160. The molecule has 0 radical (unpaired) electrons. The number of furan rings is 1. The van der Waals surface area contributed by atoms with Crippen LogP contribution in [0.15, 0.2) is 70.3 Å². The Hall–Kier alpha value is -3.50. The molecule has 1 aromatic carbocycles. The molecule has 2 N–H and O–H groups in total. The van der Waals surface area contributed by atoms with Gasteiger partial charge in [-0.15, -0.1) is 0 Å². The van der Waals surface area contributed by atoms with Gasteiger partial charge in [-0.3, -0.25) is 9.59 Å². The number of rotatable bonds is 8. The van der Waals surface area contributed by atoms with Gasteiger partial charge in [0.15, 0.2) is 0 Å². The summed E-state index contributed by atoms with van der Waals surface area (Å²) in [5.74, 6) is 0.0775. The third kappa shape index (κ3) is 6.00. The molecule has 0 aliphatic heterocycles. The Balaban J connectivity index is 1.59. The van der Waals surface area contributed by atoms with Crippen LogP contribution in [0.25, 0.3) is 0 Å². The van der Waals surface area contributed by atoms with Gasteiger partial charge in [0, 0.05) is 18.8 Å². The number of carbonyl (C=O) groups excluding carboxylic acids is 2. The molecule has 0 aliphatic carbocycles. The summed E-state index contributed by atoms with van der Waals surface area (Å²) in [6.07, 6.45) is 3.04. The molecule has 2 amide bonds. The van der Waals surface area contributed by atoms with Crippen molar-refractivity contribution in [2.45, 2.75) is 18.4 Å². The molecule has 2 heterocycles. The van der Waals surface area contributed by atoms with Crippen molar-refractivity contribution in [3.8, 4) is 0 Å². The van der Waals surface area contributed by atoms with E-state index < -0.39 is 21.8 Å². The van der Waals surface area contributed by atoms with E-state index in [9.17, 15) is 18.0 Å². The Morgan fingerprint density at radius 1 is 1.13 bits per heavy atom. The Morgan fingerprint density at radius 2 is 1.87 bits per heavy atom. The summed E-state index contributed by atoms with van der Waals surface area (Å²) in [6, 6.07) is 12.3. The van der Waals surface area contributed by atoms with Crippen LogP contribution in [0, 0.1) is 6.92 Å². The van der Waals surface area contributed by atoms with Crippen molar-refractivity contribution >= 4 is 27.7 Å². The van der Waals surface area contributed by atoms with Crippen LogP contribution >= 0.6 is 0 Å². The molecule has 0 atom stereocenters. The Labute approximate surface area is 180 Å². The fourth-order valence-electron chi connectivity index (χ4n) is 2.73. The van der Waals surface area contributed by atoms with Crippen molar-refractivity contribution in [1.29, 1.82) is 0 Å². The summed E-state index contributed by atoms with van der Waals surface area (Å²) in [6.45, 7) is 1.71. The number of carbonyl (C=O) groups is 2. The van der Waals surface area contributed by atoms with E-state index in [0.717, 1.165) is 5.56 Å². The molecule has 162 valence electrons. The van der Waals surface area contributed by atoms with E-state index in [-0.39, 0.29) is 23.5 Å². The predicted molar refractivity (Wildman–Crippen MR) is 114 cm³/mol. The molecule has 0 aliphatic rings. The molecular weight excluding hydrogens is 420 g/mol. The van der Waals surface area contributed by atoms with Gasteiger partial charge < -0.3 is 14.6 Å². The summed E-state index contributed by atoms with van der Waals surface area (Å²) in [4.78, 5) is 30.1. The average molecular weight is 442 g/mol. The predicted octanol–water partition coefficient (Wildman–Crippen LogP) is 2.17. The number of nitrogens with zero attached hydrogens (tertiary/aromatic N) is 2. The van der Waals surface area contributed by atoms with Crippen molar-refractivity contribution in [3.05, 3.63) is 77.9 Å². The van der Waals surface area contributed by atoms with Crippen molar-refractivity contribution in [3.63, 3.8) is 0 Å². The third-order valence-corrected chi connectivity index (χ3v) is 5.76. The Morgan fingerprint density at radius 3 is 2.52 bits per heavy atom. The maximum absolute atomic E-state index is 12.6. The minimum Gasteiger partial charge on any atom is -0.468 e. The number of likely N-dealkylation sites (N-methyl/N-ethyl adjacent to an activating group) is 1. The van der Waals surface area contributed by atoms with Crippen LogP contribution in [-0.4, -0.2) is 43.7 Å². The summed E-state index contributed by atoms with van der Waals surface area (Å²) in [5, 5.41) is 2.64. The van der Waals surface area contributed by atoms with E-state index in [1.165, 1.54) is 42.5 Å². The van der Waals surface area contributed by atoms with E-state index in [0.29, 0.717) is 11.6 Å². The van der Waals surface area contributed by atoms with Crippen molar-refractivity contribution in [2.75, 3.05) is 18.9 Å². The number of benzene rings is 1. The molecule has 0 spiro atoms. The molecule has 3 aromatic rings. The van der Waals surface area contributed by atoms with Gasteiger partial charge in [-0.25, -0.2) is 18.1 Å². The monoisotopic (exact) mass is 442 g/mol. The summed E-state index contributed by atoms with van der Waals surface area (Å²) in [7, 11) is -2.27. The number of sulfonamides is 1. The fourth-order valence-corrected chi connectivity index (χ4v) is 3.73. The molecular formula is C21H22N4O5S. The number of nitrogens with one attached hydrogen (secondary N) is 2. The number of pyridine rings is 1. The highest BCUT2D eigenvalue weighted by atomic mass is 32.2. The van der Waals surface area contributed by atoms with Gasteiger partial charge in [-0.2, -0.15) is 0 Å². The highest BCUT2D eigenvalue weighted by Gasteiger charge is 2.18. The maximum Gasteiger partial charge on any atom is 0.254 e. The first-order chi connectivity index (χ1) is 14.7. The molecule has 31 heavy (non-hydrogen) atoms. The number of hydrogen-bond acceptors (Lipinski definition) is 6. The number of aromatic nitrogens is 1. The van der Waals surface area contributed by atoms with Crippen LogP contribution in [-0.2, 0) is 21.4 Å². The highest BCUT2D eigenvalue weighted by Crippen LogP contribution is 2.13. The lowest BCUT2D eigenvalue weighted by Crippen LogP contribution is -2.35. The van der Waals surface area contributed by atoms with Gasteiger partial charge in [0.25, 0.3) is 5.91 Å². The van der Waals surface area contributed by atoms with Crippen LogP contribution in [0.5, 0.6) is 0 Å². The lowest BCUT2D eigenvalue weighted by molar-refractivity contribution is -0.116. The standard InChI is InChI=1S/C21H22N4O5S/c1-15-9-10-22-19(12-15)24-20(26)14-25(2)21(27)16-5-7-18(8-6-16)31(28,29)23-13-17-4-3-11-30-17/h3-12,23H,13-14H2,1-2H3,(H,22,24,26). The van der Waals surface area contributed by atoms with Crippen LogP contribution in [0.4, 0.5) is 5.82 Å². The van der Waals surface area contributed by atoms with Gasteiger partial charge in [0.05, 0.1) is 24.2 Å². The number of amides is 2. The zero-order chi connectivity index (χ0) is 22.4. The van der Waals surface area contributed by atoms with Crippen molar-refractivity contribution in [1.82, 2.24) is 14.6 Å². The third-order valence-electron chi connectivity index (χ3n) is 4.34. The lowest BCUT2D eigenvalue weighted by atomic mass is 10.2. The van der Waals surface area contributed by atoms with Crippen LogP contribution in [0.3, 0.4) is 0 Å². The largest absolute Gasteiger partial charge is 0.468 e. The quantitative estimate of drug-likeness (QED) is 0.551. The zero-order valence-corrected chi connectivity index (χ0v) is 17.8. The van der Waals surface area contributed by atoms with Crippen LogP contribution in [0.1, 0.15) is 21.7 Å². The maximum atomic E-state index is 12.6. The number of anilines is 1.